The lowest BCUT2D eigenvalue weighted by molar-refractivity contribution is -0.140. The van der Waals surface area contributed by atoms with Gasteiger partial charge in [-0.3, -0.25) is 9.59 Å². The van der Waals surface area contributed by atoms with Crippen LogP contribution in [0.5, 0.6) is 0 Å². The first-order chi connectivity index (χ1) is 18.1. The molecule has 0 radical (unpaired) electrons. The van der Waals surface area contributed by atoms with E-state index in [1.807, 2.05) is 24.3 Å². The predicted octanol–water partition coefficient (Wildman–Crippen LogP) is 7.46. The first-order valence-electron chi connectivity index (χ1n) is 14.0. The minimum absolute atomic E-state index is 0.0157. The van der Waals surface area contributed by atoms with Gasteiger partial charge in [0.15, 0.2) is 0 Å². The summed E-state index contributed by atoms with van der Waals surface area (Å²) >= 11 is 3.42. The normalized spacial score (nSPS) is 17.6. The number of ketones is 1. The van der Waals surface area contributed by atoms with Crippen molar-refractivity contribution in [1.82, 2.24) is 9.80 Å². The lowest BCUT2D eigenvalue weighted by Gasteiger charge is -2.28. The van der Waals surface area contributed by atoms with Gasteiger partial charge in [-0.1, -0.05) is 99.8 Å². The van der Waals surface area contributed by atoms with Gasteiger partial charge in [-0.2, -0.15) is 0 Å². The first-order valence-corrected chi connectivity index (χ1v) is 14.7. The van der Waals surface area contributed by atoms with E-state index in [4.69, 9.17) is 0 Å². The van der Waals surface area contributed by atoms with Gasteiger partial charge in [0.25, 0.3) is 11.7 Å². The smallest absolute Gasteiger partial charge is 0.295 e. The van der Waals surface area contributed by atoms with Crippen molar-refractivity contribution in [2.24, 2.45) is 0 Å². The molecule has 0 aliphatic carbocycles. The lowest BCUT2D eigenvalue weighted by Crippen LogP contribution is -2.34. The number of nitrogens with zero attached hydrogens (tertiary/aromatic N) is 2. The molecule has 206 valence electrons. The summed E-state index contributed by atoms with van der Waals surface area (Å²) in [4.78, 5) is 30.8. The fraction of sp³-hybridized carbons (Fsp3) is 0.500. The van der Waals surface area contributed by atoms with E-state index >= 15 is 0 Å². The molecule has 2 aromatic rings. The van der Waals surface area contributed by atoms with Crippen molar-refractivity contribution in [3.05, 3.63) is 75.3 Å². The van der Waals surface area contributed by atoms with Crippen molar-refractivity contribution < 1.29 is 14.7 Å². The van der Waals surface area contributed by atoms with Crippen LogP contribution >= 0.6 is 15.9 Å². The molecule has 0 bridgehead atoms. The number of carbonyl (C=O) groups excluding carboxylic acids is 2. The quantitative estimate of drug-likeness (QED) is 0.160. The van der Waals surface area contributed by atoms with Crippen molar-refractivity contribution in [3.63, 3.8) is 0 Å². The fourth-order valence-electron chi connectivity index (χ4n) is 4.95. The molecule has 0 saturated carbocycles. The summed E-state index contributed by atoms with van der Waals surface area (Å²) in [5.74, 6) is -1.29. The molecule has 1 heterocycles. The summed E-state index contributed by atoms with van der Waals surface area (Å²) in [7, 11) is 0. The van der Waals surface area contributed by atoms with Gasteiger partial charge < -0.3 is 14.9 Å². The molecule has 6 heteroatoms. The highest BCUT2D eigenvalue weighted by atomic mass is 79.9. The average molecular weight is 584 g/mol. The molecule has 1 amide bonds. The third-order valence-electron chi connectivity index (χ3n) is 7.28. The molecule has 0 unspecified atom stereocenters. The van der Waals surface area contributed by atoms with Crippen LogP contribution in [0, 0.1) is 0 Å². The lowest BCUT2D eigenvalue weighted by atomic mass is 9.85. The van der Waals surface area contributed by atoms with Crippen LogP contribution in [0.3, 0.4) is 0 Å². The molecule has 0 aromatic heterocycles. The van der Waals surface area contributed by atoms with Crippen LogP contribution in [0.4, 0.5) is 0 Å². The number of benzene rings is 2. The van der Waals surface area contributed by atoms with Crippen LogP contribution in [0.1, 0.15) is 89.5 Å². The zero-order valence-electron chi connectivity index (χ0n) is 23.6. The van der Waals surface area contributed by atoms with E-state index in [0.717, 1.165) is 61.8 Å². The summed E-state index contributed by atoms with van der Waals surface area (Å²) in [6.45, 7) is 14.3. The van der Waals surface area contributed by atoms with Crippen LogP contribution < -0.4 is 0 Å². The number of hydrogen-bond donors (Lipinski definition) is 1. The number of hydrogen-bond acceptors (Lipinski definition) is 4. The maximum absolute atomic E-state index is 13.4. The van der Waals surface area contributed by atoms with Gasteiger partial charge in [-0.25, -0.2) is 0 Å². The molecule has 1 aliphatic rings. The number of unbranched alkanes of at least 4 members (excludes halogenated alkanes) is 2. The molecule has 3 rings (SSSR count). The minimum Gasteiger partial charge on any atom is -0.507 e. The van der Waals surface area contributed by atoms with Gasteiger partial charge in [0.05, 0.1) is 11.6 Å². The van der Waals surface area contributed by atoms with E-state index in [1.54, 1.807) is 17.0 Å². The monoisotopic (exact) mass is 582 g/mol. The van der Waals surface area contributed by atoms with Gasteiger partial charge in [0.2, 0.25) is 0 Å². The van der Waals surface area contributed by atoms with Crippen molar-refractivity contribution in [2.75, 3.05) is 26.2 Å². The van der Waals surface area contributed by atoms with Crippen molar-refractivity contribution >= 4 is 33.4 Å². The molecule has 1 atom stereocenters. The van der Waals surface area contributed by atoms with Gasteiger partial charge in [0, 0.05) is 16.6 Å². The largest absolute Gasteiger partial charge is 0.507 e. The third-order valence-corrected chi connectivity index (χ3v) is 7.81. The number of rotatable bonds is 12. The second kappa shape index (κ2) is 13.6. The Bertz CT molecular complexity index is 1110. The summed E-state index contributed by atoms with van der Waals surface area (Å²) in [5, 5.41) is 11.3. The number of Topliss-reactive ketones (excluding diaryl/α,β-unsaturated/α-hetero) is 1. The molecule has 5 nitrogen and oxygen atoms in total. The summed E-state index contributed by atoms with van der Waals surface area (Å²) in [6, 6.07) is 14.6. The highest BCUT2D eigenvalue weighted by Crippen LogP contribution is 2.40. The fourth-order valence-corrected chi connectivity index (χ4v) is 5.21. The molecular formula is C32H43BrN2O3. The number of likely N-dealkylation sites (tertiary alicyclic amines) is 1. The second-order valence-corrected chi connectivity index (χ2v) is 12.2. The average Bonchev–Trinajstić information content (AvgIpc) is 3.14. The van der Waals surface area contributed by atoms with Gasteiger partial charge in [-0.15, -0.1) is 0 Å². The standard InChI is InChI=1S/C32H43BrN2O3/c1-6-8-19-34(20-9-7-2)21-10-22-35-28(23-11-15-25(16-12-23)32(3,4)5)27(30(37)31(35)38)29(36)24-13-17-26(33)18-14-24/h11-18,28,36H,6-10,19-22H2,1-5H3/t28-/m1/s1. The van der Waals surface area contributed by atoms with Crippen molar-refractivity contribution in [1.29, 1.82) is 0 Å². The van der Waals surface area contributed by atoms with E-state index < -0.39 is 17.7 Å². The van der Waals surface area contributed by atoms with Gasteiger partial charge >= 0.3 is 0 Å². The van der Waals surface area contributed by atoms with Crippen LogP contribution in [-0.4, -0.2) is 52.8 Å². The number of amides is 1. The van der Waals surface area contributed by atoms with Crippen molar-refractivity contribution in [2.45, 2.75) is 78.2 Å². The van der Waals surface area contributed by atoms with Crippen LogP contribution in [0.15, 0.2) is 58.6 Å². The molecule has 2 aromatic carbocycles. The molecule has 1 N–H and O–H groups in total. The number of halogens is 1. The Labute approximate surface area is 237 Å². The highest BCUT2D eigenvalue weighted by molar-refractivity contribution is 9.10. The predicted molar refractivity (Wildman–Crippen MR) is 159 cm³/mol. The number of aliphatic hydroxyl groups excluding tert-OH is 1. The van der Waals surface area contributed by atoms with E-state index in [-0.39, 0.29) is 16.7 Å². The Morgan fingerprint density at radius 2 is 1.45 bits per heavy atom. The third kappa shape index (κ3) is 7.35. The Balaban J connectivity index is 1.95. The maximum atomic E-state index is 13.4. The molecule has 1 saturated heterocycles. The van der Waals surface area contributed by atoms with Crippen LogP contribution in [-0.2, 0) is 15.0 Å². The van der Waals surface area contributed by atoms with Crippen LogP contribution in [0.2, 0.25) is 0 Å². The number of carbonyl (C=O) groups is 2. The Kier molecular flexibility index (Phi) is 10.8. The van der Waals surface area contributed by atoms with E-state index in [9.17, 15) is 14.7 Å². The minimum atomic E-state index is -0.621. The molecular weight excluding hydrogens is 540 g/mol. The summed E-state index contributed by atoms with van der Waals surface area (Å²) in [5.41, 5.74) is 2.68. The number of aliphatic hydroxyl groups is 1. The van der Waals surface area contributed by atoms with Crippen molar-refractivity contribution in [3.8, 4) is 0 Å². The zero-order chi connectivity index (χ0) is 27.9. The first kappa shape index (κ1) is 30.1. The van der Waals surface area contributed by atoms with E-state index in [0.29, 0.717) is 12.1 Å². The molecule has 1 aliphatic heterocycles. The molecule has 1 fully saturated rings. The summed E-state index contributed by atoms with van der Waals surface area (Å²) in [6.07, 6.45) is 5.38. The van der Waals surface area contributed by atoms with E-state index in [1.165, 1.54) is 5.56 Å². The Morgan fingerprint density at radius 1 is 0.895 bits per heavy atom. The Hall–Kier alpha value is -2.44. The van der Waals surface area contributed by atoms with E-state index in [2.05, 4.69) is 67.6 Å². The van der Waals surface area contributed by atoms with Crippen LogP contribution in [0.25, 0.3) is 5.76 Å². The van der Waals surface area contributed by atoms with Gasteiger partial charge in [-0.05, 0) is 67.6 Å². The topological polar surface area (TPSA) is 60.9 Å². The molecule has 38 heavy (non-hydrogen) atoms. The maximum Gasteiger partial charge on any atom is 0.295 e. The highest BCUT2D eigenvalue weighted by Gasteiger charge is 2.45. The summed E-state index contributed by atoms with van der Waals surface area (Å²) < 4.78 is 0.875. The second-order valence-electron chi connectivity index (χ2n) is 11.3. The Morgan fingerprint density at radius 3 is 1.97 bits per heavy atom. The SMILES string of the molecule is CCCCN(CCCC)CCCN1C(=O)C(=O)C(=C(O)c2ccc(Br)cc2)[C@H]1c1ccc(C(C)(C)C)cc1. The molecule has 0 spiro atoms. The zero-order valence-corrected chi connectivity index (χ0v) is 25.2. The van der Waals surface area contributed by atoms with Gasteiger partial charge in [0.1, 0.15) is 5.76 Å².